The van der Waals surface area contributed by atoms with Crippen molar-refractivity contribution in [2.24, 2.45) is 0 Å². The van der Waals surface area contributed by atoms with Crippen molar-refractivity contribution in [2.45, 2.75) is 71.0 Å². The summed E-state index contributed by atoms with van der Waals surface area (Å²) in [5.41, 5.74) is 5.95. The molecule has 2 atom stereocenters. The van der Waals surface area contributed by atoms with Crippen molar-refractivity contribution in [1.82, 2.24) is 4.90 Å². The maximum absolute atomic E-state index is 6.73. The van der Waals surface area contributed by atoms with Crippen LogP contribution in [0.4, 0.5) is 0 Å². The minimum absolute atomic E-state index is 0.170. The lowest BCUT2D eigenvalue weighted by Crippen LogP contribution is -2.50. The van der Waals surface area contributed by atoms with E-state index in [0.717, 1.165) is 50.4 Å². The summed E-state index contributed by atoms with van der Waals surface area (Å²) in [5.74, 6) is 2.09. The van der Waals surface area contributed by atoms with Crippen molar-refractivity contribution in [3.05, 3.63) is 58.1 Å². The van der Waals surface area contributed by atoms with Crippen molar-refractivity contribution in [3.63, 3.8) is 0 Å². The highest BCUT2D eigenvalue weighted by molar-refractivity contribution is 6.20. The minimum Gasteiger partial charge on any atom is -0.488 e. The fourth-order valence-corrected chi connectivity index (χ4v) is 5.30. The van der Waals surface area contributed by atoms with Crippen LogP contribution in [0, 0.1) is 20.8 Å². The average Bonchev–Trinajstić information content (AvgIpc) is 2.72. The number of piperidine rings is 1. The van der Waals surface area contributed by atoms with Crippen LogP contribution in [0.5, 0.6) is 11.5 Å². The fourth-order valence-electron chi connectivity index (χ4n) is 4.95. The number of hydrogen-bond acceptors (Lipinski definition) is 3. The number of nitrogens with zero attached hydrogens (tertiary/aromatic N) is 1. The second kappa shape index (κ2) is 8.80. The molecule has 30 heavy (non-hydrogen) atoms. The summed E-state index contributed by atoms with van der Waals surface area (Å²) in [6.07, 6.45) is 4.35. The van der Waals surface area contributed by atoms with E-state index in [-0.39, 0.29) is 11.0 Å². The minimum atomic E-state index is -0.170. The molecule has 0 bridgehead atoms. The van der Waals surface area contributed by atoms with Gasteiger partial charge in [0.15, 0.2) is 0 Å². The molecule has 0 amide bonds. The molecule has 0 spiro atoms. The van der Waals surface area contributed by atoms with Crippen LogP contribution < -0.4 is 9.47 Å². The third kappa shape index (κ3) is 4.48. The molecule has 2 aromatic rings. The van der Waals surface area contributed by atoms with E-state index in [9.17, 15) is 0 Å². The number of likely N-dealkylation sites (tertiary alicyclic amines) is 1. The summed E-state index contributed by atoms with van der Waals surface area (Å²) >= 11 is 6.42. The van der Waals surface area contributed by atoms with E-state index in [0.29, 0.717) is 6.61 Å². The molecule has 2 heterocycles. The first kappa shape index (κ1) is 21.5. The van der Waals surface area contributed by atoms with Crippen LogP contribution in [0.25, 0.3) is 0 Å². The molecule has 1 fully saturated rings. The number of benzene rings is 2. The summed E-state index contributed by atoms with van der Waals surface area (Å²) in [6.45, 7) is 12.4. The lowest BCUT2D eigenvalue weighted by molar-refractivity contribution is 0.0194. The maximum Gasteiger partial charge on any atom is 0.127 e. The van der Waals surface area contributed by atoms with Gasteiger partial charge in [0.25, 0.3) is 0 Å². The Labute approximate surface area is 186 Å². The van der Waals surface area contributed by atoms with Gasteiger partial charge in [-0.1, -0.05) is 30.3 Å². The molecule has 0 aliphatic carbocycles. The molecule has 2 aliphatic rings. The molecular weight excluding hydrogens is 394 g/mol. The molecule has 0 N–H and O–H groups in total. The number of ether oxygens (including phenoxy) is 2. The summed E-state index contributed by atoms with van der Waals surface area (Å²) < 4.78 is 13.0. The average molecular weight is 428 g/mol. The number of alkyl halides is 1. The monoisotopic (exact) mass is 427 g/mol. The Kier molecular flexibility index (Phi) is 6.31. The zero-order chi connectivity index (χ0) is 21.3. The highest BCUT2D eigenvalue weighted by Gasteiger charge is 2.37. The Balaban J connectivity index is 1.54. The Morgan fingerprint density at radius 2 is 1.90 bits per heavy atom. The predicted molar refractivity (Wildman–Crippen MR) is 124 cm³/mol. The molecule has 3 nitrogen and oxygen atoms in total. The standard InChI is InChI=1S/C26H34ClNO2/c1-18-19(2)25-23(20(3)24(18)29-16-21-9-6-5-7-10-21)12-13-26(4,30-25)17-28-14-8-11-22(27)15-28/h5-7,9-10,22H,8,11-17H2,1-4H3/t22-,26?/m1/s1. The third-order valence-electron chi connectivity index (χ3n) is 6.80. The van der Waals surface area contributed by atoms with Crippen LogP contribution in [-0.2, 0) is 13.0 Å². The highest BCUT2D eigenvalue weighted by Crippen LogP contribution is 2.44. The Morgan fingerprint density at radius 3 is 2.63 bits per heavy atom. The summed E-state index contributed by atoms with van der Waals surface area (Å²) in [7, 11) is 0. The number of hydrogen-bond donors (Lipinski definition) is 0. The SMILES string of the molecule is Cc1c(C)c2c(c(C)c1OCc1ccccc1)CCC(C)(CN1CCC[C@@H](Cl)C1)O2. The van der Waals surface area contributed by atoms with Gasteiger partial charge in [-0.05, 0) is 82.2 Å². The van der Waals surface area contributed by atoms with Crippen LogP contribution in [0.3, 0.4) is 0 Å². The molecule has 2 aliphatic heterocycles. The molecule has 162 valence electrons. The van der Waals surface area contributed by atoms with Gasteiger partial charge in [0.1, 0.15) is 23.7 Å². The van der Waals surface area contributed by atoms with Gasteiger partial charge in [-0.25, -0.2) is 0 Å². The number of rotatable bonds is 5. The quantitative estimate of drug-likeness (QED) is 0.548. The van der Waals surface area contributed by atoms with Crippen LogP contribution >= 0.6 is 11.6 Å². The van der Waals surface area contributed by atoms with Gasteiger partial charge in [-0.2, -0.15) is 0 Å². The van der Waals surface area contributed by atoms with Gasteiger partial charge in [0.2, 0.25) is 0 Å². The Morgan fingerprint density at radius 1 is 1.13 bits per heavy atom. The van der Waals surface area contributed by atoms with Crippen molar-refractivity contribution in [2.75, 3.05) is 19.6 Å². The molecule has 4 rings (SSSR count). The van der Waals surface area contributed by atoms with E-state index < -0.39 is 0 Å². The molecule has 4 heteroatoms. The Hall–Kier alpha value is -1.71. The van der Waals surface area contributed by atoms with Crippen LogP contribution in [0.2, 0.25) is 0 Å². The molecule has 2 aromatic carbocycles. The number of fused-ring (bicyclic) bond motifs is 1. The van der Waals surface area contributed by atoms with Crippen LogP contribution in [-0.4, -0.2) is 35.5 Å². The third-order valence-corrected chi connectivity index (χ3v) is 7.15. The molecule has 1 unspecified atom stereocenters. The first-order valence-corrected chi connectivity index (χ1v) is 11.6. The summed E-state index contributed by atoms with van der Waals surface area (Å²) in [5, 5.41) is 0.272. The van der Waals surface area contributed by atoms with Gasteiger partial charge in [0, 0.05) is 24.0 Å². The zero-order valence-corrected chi connectivity index (χ0v) is 19.5. The molecule has 0 aromatic heterocycles. The van der Waals surface area contributed by atoms with Gasteiger partial charge in [-0.15, -0.1) is 11.6 Å². The smallest absolute Gasteiger partial charge is 0.127 e. The number of halogens is 1. The maximum atomic E-state index is 6.73. The first-order chi connectivity index (χ1) is 14.4. The normalized spacial score (nSPS) is 24.2. The first-order valence-electron chi connectivity index (χ1n) is 11.2. The van der Waals surface area contributed by atoms with Crippen molar-refractivity contribution < 1.29 is 9.47 Å². The van der Waals surface area contributed by atoms with E-state index in [2.05, 4.69) is 56.9 Å². The zero-order valence-electron chi connectivity index (χ0n) is 18.8. The molecule has 0 saturated carbocycles. The molecule has 0 radical (unpaired) electrons. The molecule has 1 saturated heterocycles. The summed E-state index contributed by atoms with van der Waals surface area (Å²) in [6, 6.07) is 10.4. The van der Waals surface area contributed by atoms with Crippen molar-refractivity contribution in [3.8, 4) is 11.5 Å². The fraction of sp³-hybridized carbons (Fsp3) is 0.538. The van der Waals surface area contributed by atoms with E-state index in [1.54, 1.807) is 0 Å². The van der Waals surface area contributed by atoms with Gasteiger partial charge >= 0.3 is 0 Å². The van der Waals surface area contributed by atoms with Crippen LogP contribution in [0.15, 0.2) is 30.3 Å². The largest absolute Gasteiger partial charge is 0.488 e. The predicted octanol–water partition coefficient (Wildman–Crippen LogP) is 5.98. The van der Waals surface area contributed by atoms with Gasteiger partial charge < -0.3 is 9.47 Å². The summed E-state index contributed by atoms with van der Waals surface area (Å²) in [4.78, 5) is 2.48. The van der Waals surface area contributed by atoms with E-state index in [4.69, 9.17) is 21.1 Å². The topological polar surface area (TPSA) is 21.7 Å². The second-order valence-electron chi connectivity index (χ2n) is 9.31. The lowest BCUT2D eigenvalue weighted by Gasteiger charge is -2.42. The molecular formula is C26H34ClNO2. The lowest BCUT2D eigenvalue weighted by atomic mass is 9.86. The van der Waals surface area contributed by atoms with E-state index in [1.807, 2.05) is 6.07 Å². The van der Waals surface area contributed by atoms with Gasteiger partial charge in [-0.3, -0.25) is 4.90 Å². The van der Waals surface area contributed by atoms with E-state index in [1.165, 1.54) is 34.2 Å². The highest BCUT2D eigenvalue weighted by atomic mass is 35.5. The van der Waals surface area contributed by atoms with E-state index >= 15 is 0 Å². The van der Waals surface area contributed by atoms with Crippen LogP contribution in [0.1, 0.15) is 54.0 Å². The second-order valence-corrected chi connectivity index (χ2v) is 9.93. The van der Waals surface area contributed by atoms with Gasteiger partial charge in [0.05, 0.1) is 0 Å². The Bertz CT molecular complexity index is 898. The van der Waals surface area contributed by atoms with Crippen molar-refractivity contribution in [1.29, 1.82) is 0 Å². The van der Waals surface area contributed by atoms with Crippen molar-refractivity contribution >= 4 is 11.6 Å².